The van der Waals surface area contributed by atoms with Crippen LogP contribution in [0.5, 0.6) is 5.75 Å². The van der Waals surface area contributed by atoms with Crippen LogP contribution in [-0.2, 0) is 6.42 Å². The average Bonchev–Trinajstić information content (AvgIpc) is 2.91. The maximum absolute atomic E-state index is 5.28. The van der Waals surface area contributed by atoms with Gasteiger partial charge in [-0.15, -0.1) is 0 Å². The van der Waals surface area contributed by atoms with Gasteiger partial charge in [0.25, 0.3) is 0 Å². The van der Waals surface area contributed by atoms with Gasteiger partial charge in [0.05, 0.1) is 7.11 Å². The minimum atomic E-state index is 0.825. The van der Waals surface area contributed by atoms with Crippen molar-refractivity contribution in [2.45, 2.75) is 39.0 Å². The van der Waals surface area contributed by atoms with Crippen LogP contribution in [0, 0.1) is 6.92 Å². The quantitative estimate of drug-likeness (QED) is 0.866. The lowest BCUT2D eigenvalue weighted by Gasteiger charge is -2.22. The SMILES string of the molecule is COc1cccc(CCNc2cc(N3CCCCCC3)nc(C)n2)c1. The molecule has 0 atom stereocenters. The van der Waals surface area contributed by atoms with Crippen molar-refractivity contribution in [3.63, 3.8) is 0 Å². The summed E-state index contributed by atoms with van der Waals surface area (Å²) in [6, 6.07) is 10.3. The van der Waals surface area contributed by atoms with Crippen LogP contribution < -0.4 is 15.0 Å². The Morgan fingerprint density at radius 2 is 1.88 bits per heavy atom. The molecule has 0 aliphatic carbocycles. The monoisotopic (exact) mass is 340 g/mol. The van der Waals surface area contributed by atoms with Gasteiger partial charge in [0, 0.05) is 25.7 Å². The summed E-state index contributed by atoms with van der Waals surface area (Å²) in [6.45, 7) is 5.00. The highest BCUT2D eigenvalue weighted by atomic mass is 16.5. The number of aryl methyl sites for hydroxylation is 1. The van der Waals surface area contributed by atoms with Crippen molar-refractivity contribution in [1.29, 1.82) is 0 Å². The van der Waals surface area contributed by atoms with Gasteiger partial charge in [-0.3, -0.25) is 0 Å². The molecular formula is C20H28N4O. The van der Waals surface area contributed by atoms with Crippen molar-refractivity contribution in [3.8, 4) is 5.75 Å². The van der Waals surface area contributed by atoms with E-state index in [1.807, 2.05) is 19.1 Å². The lowest BCUT2D eigenvalue weighted by atomic mass is 10.1. The summed E-state index contributed by atoms with van der Waals surface area (Å²) in [5.41, 5.74) is 1.25. The lowest BCUT2D eigenvalue weighted by Crippen LogP contribution is -2.25. The lowest BCUT2D eigenvalue weighted by molar-refractivity contribution is 0.414. The molecule has 2 heterocycles. The van der Waals surface area contributed by atoms with E-state index in [2.05, 4.69) is 38.4 Å². The Hall–Kier alpha value is -2.30. The van der Waals surface area contributed by atoms with E-state index >= 15 is 0 Å². The van der Waals surface area contributed by atoms with Crippen molar-refractivity contribution >= 4 is 11.6 Å². The van der Waals surface area contributed by atoms with E-state index in [0.717, 1.165) is 49.3 Å². The molecule has 0 unspecified atom stereocenters. The van der Waals surface area contributed by atoms with E-state index in [-0.39, 0.29) is 0 Å². The molecule has 1 aliphatic rings. The van der Waals surface area contributed by atoms with Crippen molar-refractivity contribution < 1.29 is 4.74 Å². The second-order valence-electron chi connectivity index (χ2n) is 6.59. The first-order chi connectivity index (χ1) is 12.2. The third kappa shape index (κ3) is 5.08. The van der Waals surface area contributed by atoms with Crippen LogP contribution in [0.25, 0.3) is 0 Å². The zero-order chi connectivity index (χ0) is 17.5. The molecule has 0 saturated carbocycles. The van der Waals surface area contributed by atoms with Crippen LogP contribution in [0.2, 0.25) is 0 Å². The maximum atomic E-state index is 5.28. The Kier molecular flexibility index (Phi) is 6.09. The van der Waals surface area contributed by atoms with Crippen LogP contribution in [0.1, 0.15) is 37.1 Å². The van der Waals surface area contributed by atoms with Crippen LogP contribution in [0.4, 0.5) is 11.6 Å². The minimum absolute atomic E-state index is 0.825. The maximum Gasteiger partial charge on any atom is 0.134 e. The molecule has 25 heavy (non-hydrogen) atoms. The summed E-state index contributed by atoms with van der Waals surface area (Å²) in [5, 5.41) is 3.45. The first-order valence-electron chi connectivity index (χ1n) is 9.22. The Balaban J connectivity index is 1.61. The van der Waals surface area contributed by atoms with Gasteiger partial charge < -0.3 is 15.0 Å². The molecule has 3 rings (SSSR count). The third-order valence-corrected chi connectivity index (χ3v) is 4.61. The molecule has 2 aromatic rings. The molecule has 1 N–H and O–H groups in total. The second kappa shape index (κ2) is 8.70. The fraction of sp³-hybridized carbons (Fsp3) is 0.500. The molecule has 0 radical (unpaired) electrons. The Morgan fingerprint density at radius 3 is 2.64 bits per heavy atom. The molecule has 0 spiro atoms. The summed E-state index contributed by atoms with van der Waals surface area (Å²) in [7, 11) is 1.70. The van der Waals surface area contributed by atoms with Gasteiger partial charge in [0.15, 0.2) is 0 Å². The van der Waals surface area contributed by atoms with E-state index in [1.54, 1.807) is 7.11 Å². The predicted molar refractivity (Wildman–Crippen MR) is 103 cm³/mol. The molecule has 134 valence electrons. The normalized spacial score (nSPS) is 14.9. The number of nitrogens with one attached hydrogen (secondary N) is 1. The number of methoxy groups -OCH3 is 1. The van der Waals surface area contributed by atoms with Gasteiger partial charge in [0.1, 0.15) is 23.2 Å². The van der Waals surface area contributed by atoms with Gasteiger partial charge in [0.2, 0.25) is 0 Å². The van der Waals surface area contributed by atoms with Gasteiger partial charge in [-0.25, -0.2) is 9.97 Å². The molecule has 0 amide bonds. The Bertz CT molecular complexity index is 681. The number of anilines is 2. The molecule has 5 nitrogen and oxygen atoms in total. The number of rotatable bonds is 6. The molecule has 1 aromatic carbocycles. The van der Waals surface area contributed by atoms with E-state index in [4.69, 9.17) is 4.74 Å². The highest BCUT2D eigenvalue weighted by Gasteiger charge is 2.12. The summed E-state index contributed by atoms with van der Waals surface area (Å²) < 4.78 is 5.28. The van der Waals surface area contributed by atoms with Gasteiger partial charge in [-0.2, -0.15) is 0 Å². The molecule has 1 aromatic heterocycles. The largest absolute Gasteiger partial charge is 0.497 e. The van der Waals surface area contributed by atoms with E-state index in [0.29, 0.717) is 0 Å². The number of nitrogens with zero attached hydrogens (tertiary/aromatic N) is 3. The molecule has 1 saturated heterocycles. The van der Waals surface area contributed by atoms with Crippen LogP contribution in [-0.4, -0.2) is 36.7 Å². The second-order valence-corrected chi connectivity index (χ2v) is 6.59. The number of hydrogen-bond donors (Lipinski definition) is 1. The van der Waals surface area contributed by atoms with Crippen molar-refractivity contribution in [3.05, 3.63) is 41.7 Å². The molecule has 1 fully saturated rings. The van der Waals surface area contributed by atoms with E-state index in [1.165, 1.54) is 31.2 Å². The third-order valence-electron chi connectivity index (χ3n) is 4.61. The first kappa shape index (κ1) is 17.5. The fourth-order valence-corrected chi connectivity index (χ4v) is 3.27. The van der Waals surface area contributed by atoms with Crippen molar-refractivity contribution in [2.24, 2.45) is 0 Å². The predicted octanol–water partition coefficient (Wildman–Crippen LogP) is 3.83. The zero-order valence-electron chi connectivity index (χ0n) is 15.3. The number of aromatic nitrogens is 2. The van der Waals surface area contributed by atoms with Crippen LogP contribution in [0.15, 0.2) is 30.3 Å². The van der Waals surface area contributed by atoms with Crippen LogP contribution in [0.3, 0.4) is 0 Å². The number of ether oxygens (including phenoxy) is 1. The highest BCUT2D eigenvalue weighted by molar-refractivity contribution is 5.49. The highest BCUT2D eigenvalue weighted by Crippen LogP contribution is 2.20. The average molecular weight is 340 g/mol. The van der Waals surface area contributed by atoms with Crippen molar-refractivity contribution in [1.82, 2.24) is 9.97 Å². The summed E-state index contributed by atoms with van der Waals surface area (Å²) in [4.78, 5) is 11.6. The molecular weight excluding hydrogens is 312 g/mol. The summed E-state index contributed by atoms with van der Waals surface area (Å²) in [5.74, 6) is 3.69. The van der Waals surface area contributed by atoms with E-state index in [9.17, 15) is 0 Å². The number of hydrogen-bond acceptors (Lipinski definition) is 5. The molecule has 5 heteroatoms. The molecule has 0 bridgehead atoms. The minimum Gasteiger partial charge on any atom is -0.497 e. The van der Waals surface area contributed by atoms with Crippen LogP contribution >= 0.6 is 0 Å². The summed E-state index contributed by atoms with van der Waals surface area (Å²) >= 11 is 0. The fourth-order valence-electron chi connectivity index (χ4n) is 3.27. The summed E-state index contributed by atoms with van der Waals surface area (Å²) in [6.07, 6.45) is 6.08. The first-order valence-corrected chi connectivity index (χ1v) is 9.22. The van der Waals surface area contributed by atoms with Crippen molar-refractivity contribution in [2.75, 3.05) is 37.0 Å². The molecule has 1 aliphatic heterocycles. The Morgan fingerprint density at radius 1 is 1.08 bits per heavy atom. The standard InChI is InChI=1S/C20H28N4O/c1-16-22-19(15-20(23-16)24-12-5-3-4-6-13-24)21-11-10-17-8-7-9-18(14-17)25-2/h7-9,14-15H,3-6,10-13H2,1-2H3,(H,21,22,23). The van der Waals surface area contributed by atoms with Gasteiger partial charge in [-0.1, -0.05) is 25.0 Å². The van der Waals surface area contributed by atoms with E-state index < -0.39 is 0 Å². The topological polar surface area (TPSA) is 50.3 Å². The number of benzene rings is 1. The van der Waals surface area contributed by atoms with Gasteiger partial charge >= 0.3 is 0 Å². The zero-order valence-corrected chi connectivity index (χ0v) is 15.3. The van der Waals surface area contributed by atoms with Gasteiger partial charge in [-0.05, 0) is 43.9 Å². The smallest absolute Gasteiger partial charge is 0.134 e. The Labute approximate surface area is 150 Å².